The van der Waals surface area contributed by atoms with E-state index >= 15 is 0 Å². The molecule has 1 fully saturated rings. The predicted molar refractivity (Wildman–Crippen MR) is 81.7 cm³/mol. The fourth-order valence-corrected chi connectivity index (χ4v) is 2.06. The van der Waals surface area contributed by atoms with E-state index in [1.54, 1.807) is 0 Å². The largest absolute Gasteiger partial charge is 0.490 e. The van der Waals surface area contributed by atoms with Crippen molar-refractivity contribution in [2.75, 3.05) is 19.8 Å². The number of hydrogen-bond donors (Lipinski definition) is 2. The number of ether oxygens (including phenoxy) is 2. The SMILES string of the molecule is CCNC(=O)COc1c(CNC2CC2)cccc1OCC. The van der Waals surface area contributed by atoms with E-state index in [4.69, 9.17) is 9.47 Å². The Kier molecular flexibility index (Phi) is 5.87. The first-order chi connectivity index (χ1) is 10.2. The number of benzene rings is 1. The van der Waals surface area contributed by atoms with E-state index in [2.05, 4.69) is 10.6 Å². The first-order valence-electron chi connectivity index (χ1n) is 7.62. The van der Waals surface area contributed by atoms with Gasteiger partial charge in [0.25, 0.3) is 5.91 Å². The fourth-order valence-electron chi connectivity index (χ4n) is 2.06. The molecule has 1 saturated carbocycles. The van der Waals surface area contributed by atoms with Gasteiger partial charge in [0.2, 0.25) is 0 Å². The highest BCUT2D eigenvalue weighted by Gasteiger charge is 2.21. The highest BCUT2D eigenvalue weighted by atomic mass is 16.5. The quantitative estimate of drug-likeness (QED) is 0.729. The van der Waals surface area contributed by atoms with E-state index in [0.29, 0.717) is 30.7 Å². The van der Waals surface area contributed by atoms with E-state index in [1.807, 2.05) is 32.0 Å². The number of nitrogens with one attached hydrogen (secondary N) is 2. The minimum absolute atomic E-state index is 0.00829. The Morgan fingerprint density at radius 1 is 1.29 bits per heavy atom. The molecule has 0 bridgehead atoms. The first-order valence-corrected chi connectivity index (χ1v) is 7.62. The second kappa shape index (κ2) is 7.88. The molecule has 0 aromatic heterocycles. The molecular weight excluding hydrogens is 268 g/mol. The van der Waals surface area contributed by atoms with Gasteiger partial charge in [-0.25, -0.2) is 0 Å². The predicted octanol–water partition coefficient (Wildman–Crippen LogP) is 1.85. The zero-order valence-electron chi connectivity index (χ0n) is 12.8. The van der Waals surface area contributed by atoms with Crippen molar-refractivity contribution in [1.82, 2.24) is 10.6 Å². The van der Waals surface area contributed by atoms with Crippen LogP contribution in [0.1, 0.15) is 32.3 Å². The molecule has 1 aliphatic rings. The molecule has 0 unspecified atom stereocenters. The van der Waals surface area contributed by atoms with E-state index in [1.165, 1.54) is 12.8 Å². The normalized spacial score (nSPS) is 13.8. The summed E-state index contributed by atoms with van der Waals surface area (Å²) in [5.74, 6) is 1.24. The summed E-state index contributed by atoms with van der Waals surface area (Å²) in [7, 11) is 0. The highest BCUT2D eigenvalue weighted by Crippen LogP contribution is 2.32. The number of carbonyl (C=O) groups is 1. The Morgan fingerprint density at radius 3 is 2.76 bits per heavy atom. The molecule has 0 spiro atoms. The van der Waals surface area contributed by atoms with Crippen molar-refractivity contribution < 1.29 is 14.3 Å². The summed E-state index contributed by atoms with van der Waals surface area (Å²) in [6.07, 6.45) is 2.47. The molecule has 5 heteroatoms. The summed E-state index contributed by atoms with van der Waals surface area (Å²) < 4.78 is 11.3. The molecule has 0 atom stereocenters. The first kappa shape index (κ1) is 15.6. The van der Waals surface area contributed by atoms with Gasteiger partial charge < -0.3 is 20.1 Å². The molecule has 0 aliphatic heterocycles. The smallest absolute Gasteiger partial charge is 0.257 e. The summed E-state index contributed by atoms with van der Waals surface area (Å²) in [5, 5.41) is 6.19. The zero-order chi connectivity index (χ0) is 15.1. The average molecular weight is 292 g/mol. The van der Waals surface area contributed by atoms with Gasteiger partial charge in [0, 0.05) is 24.7 Å². The van der Waals surface area contributed by atoms with Crippen LogP contribution in [0.4, 0.5) is 0 Å². The molecule has 2 rings (SSSR count). The lowest BCUT2D eigenvalue weighted by atomic mass is 10.2. The molecule has 0 radical (unpaired) electrons. The van der Waals surface area contributed by atoms with Crippen LogP contribution in [0, 0.1) is 0 Å². The van der Waals surface area contributed by atoms with Crippen LogP contribution in [0.15, 0.2) is 18.2 Å². The van der Waals surface area contributed by atoms with Crippen LogP contribution in [0.2, 0.25) is 0 Å². The molecule has 2 N–H and O–H groups in total. The van der Waals surface area contributed by atoms with Gasteiger partial charge in [0.15, 0.2) is 18.1 Å². The van der Waals surface area contributed by atoms with E-state index < -0.39 is 0 Å². The number of hydrogen-bond acceptors (Lipinski definition) is 4. The Balaban J connectivity index is 2.06. The van der Waals surface area contributed by atoms with Crippen LogP contribution in [-0.2, 0) is 11.3 Å². The van der Waals surface area contributed by atoms with Gasteiger partial charge in [-0.1, -0.05) is 12.1 Å². The monoisotopic (exact) mass is 292 g/mol. The molecule has 1 aromatic carbocycles. The Bertz CT molecular complexity index is 473. The lowest BCUT2D eigenvalue weighted by Crippen LogP contribution is -2.28. The summed E-state index contributed by atoms with van der Waals surface area (Å²) in [6, 6.07) is 6.45. The molecule has 1 aliphatic carbocycles. The number of likely N-dealkylation sites (N-methyl/N-ethyl adjacent to an activating group) is 1. The molecule has 21 heavy (non-hydrogen) atoms. The fraction of sp³-hybridized carbons (Fsp3) is 0.562. The van der Waals surface area contributed by atoms with Crippen molar-refractivity contribution in [3.8, 4) is 11.5 Å². The standard InChI is InChI=1S/C16H24N2O3/c1-3-17-15(19)11-21-16-12(10-18-13-8-9-13)6-5-7-14(16)20-4-2/h5-7,13,18H,3-4,8-11H2,1-2H3,(H,17,19). The molecule has 1 aromatic rings. The zero-order valence-corrected chi connectivity index (χ0v) is 12.8. The van der Waals surface area contributed by atoms with Crippen LogP contribution in [0.3, 0.4) is 0 Å². The highest BCUT2D eigenvalue weighted by molar-refractivity contribution is 5.77. The van der Waals surface area contributed by atoms with Gasteiger partial charge in [-0.2, -0.15) is 0 Å². The van der Waals surface area contributed by atoms with Gasteiger partial charge in [-0.3, -0.25) is 4.79 Å². The van der Waals surface area contributed by atoms with Gasteiger partial charge in [-0.05, 0) is 32.8 Å². The maximum atomic E-state index is 11.6. The molecule has 5 nitrogen and oxygen atoms in total. The molecular formula is C16H24N2O3. The number of rotatable bonds is 9. The molecule has 0 heterocycles. The lowest BCUT2D eigenvalue weighted by Gasteiger charge is -2.16. The maximum Gasteiger partial charge on any atom is 0.257 e. The van der Waals surface area contributed by atoms with Gasteiger partial charge >= 0.3 is 0 Å². The Labute approximate surface area is 126 Å². The minimum Gasteiger partial charge on any atom is -0.490 e. The third-order valence-electron chi connectivity index (χ3n) is 3.24. The average Bonchev–Trinajstić information content (AvgIpc) is 3.29. The van der Waals surface area contributed by atoms with Crippen molar-refractivity contribution in [1.29, 1.82) is 0 Å². The van der Waals surface area contributed by atoms with Crippen LogP contribution in [0.5, 0.6) is 11.5 Å². The molecule has 0 saturated heterocycles. The van der Waals surface area contributed by atoms with Gasteiger partial charge in [-0.15, -0.1) is 0 Å². The van der Waals surface area contributed by atoms with Gasteiger partial charge in [0.05, 0.1) is 6.61 Å². The maximum absolute atomic E-state index is 11.6. The van der Waals surface area contributed by atoms with E-state index in [-0.39, 0.29) is 12.5 Å². The topological polar surface area (TPSA) is 59.6 Å². The van der Waals surface area contributed by atoms with Crippen molar-refractivity contribution in [3.05, 3.63) is 23.8 Å². The van der Waals surface area contributed by atoms with Crippen LogP contribution in [-0.4, -0.2) is 31.7 Å². The number of para-hydroxylation sites is 1. The Morgan fingerprint density at radius 2 is 2.10 bits per heavy atom. The van der Waals surface area contributed by atoms with Crippen LogP contribution >= 0.6 is 0 Å². The Hall–Kier alpha value is -1.75. The third kappa shape index (κ3) is 4.93. The molecule has 1 amide bonds. The lowest BCUT2D eigenvalue weighted by molar-refractivity contribution is -0.123. The van der Waals surface area contributed by atoms with Crippen molar-refractivity contribution in [2.24, 2.45) is 0 Å². The number of amides is 1. The minimum atomic E-state index is -0.120. The molecule has 116 valence electrons. The number of carbonyl (C=O) groups excluding carboxylic acids is 1. The van der Waals surface area contributed by atoms with Crippen molar-refractivity contribution in [2.45, 2.75) is 39.3 Å². The summed E-state index contributed by atoms with van der Waals surface area (Å²) in [4.78, 5) is 11.6. The van der Waals surface area contributed by atoms with Crippen molar-refractivity contribution in [3.63, 3.8) is 0 Å². The second-order valence-corrected chi connectivity index (χ2v) is 5.07. The second-order valence-electron chi connectivity index (χ2n) is 5.07. The van der Waals surface area contributed by atoms with Crippen molar-refractivity contribution >= 4 is 5.91 Å². The van der Waals surface area contributed by atoms with E-state index in [0.717, 1.165) is 12.1 Å². The third-order valence-corrected chi connectivity index (χ3v) is 3.24. The van der Waals surface area contributed by atoms with Crippen LogP contribution < -0.4 is 20.1 Å². The summed E-state index contributed by atoms with van der Waals surface area (Å²) in [5.41, 5.74) is 1.03. The summed E-state index contributed by atoms with van der Waals surface area (Å²) >= 11 is 0. The summed E-state index contributed by atoms with van der Waals surface area (Å²) in [6.45, 7) is 5.73. The van der Waals surface area contributed by atoms with Gasteiger partial charge in [0.1, 0.15) is 0 Å². The van der Waals surface area contributed by atoms with Crippen LogP contribution in [0.25, 0.3) is 0 Å². The van der Waals surface area contributed by atoms with E-state index in [9.17, 15) is 4.79 Å².